The van der Waals surface area contributed by atoms with Gasteiger partial charge < -0.3 is 9.84 Å². The Labute approximate surface area is 46.6 Å². The molecule has 3 nitrogen and oxygen atoms in total. The van der Waals surface area contributed by atoms with E-state index in [-0.39, 0.29) is 6.61 Å². The van der Waals surface area contributed by atoms with Crippen molar-refractivity contribution in [1.29, 1.82) is 0 Å². The number of hydrogen-bond acceptors (Lipinski definition) is 2. The van der Waals surface area contributed by atoms with E-state index in [1.54, 1.807) is 6.92 Å². The van der Waals surface area contributed by atoms with Crippen LogP contribution in [0.2, 0.25) is 0 Å². The number of carbonyl (C=O) groups is 1. The van der Waals surface area contributed by atoms with Crippen molar-refractivity contribution >= 4 is 5.97 Å². The number of ether oxygens (including phenoxy) is 1. The first-order valence-electron chi connectivity index (χ1n) is 2.27. The van der Waals surface area contributed by atoms with E-state index in [1.807, 2.05) is 0 Å². The molecule has 1 aliphatic heterocycles. The SMILES string of the molecule is CC1=C(C(=O)O)CO1. The highest BCUT2D eigenvalue weighted by molar-refractivity contribution is 5.88. The molecule has 0 unspecified atom stereocenters. The lowest BCUT2D eigenvalue weighted by Crippen LogP contribution is -2.19. The van der Waals surface area contributed by atoms with Crippen molar-refractivity contribution in [2.75, 3.05) is 6.61 Å². The zero-order chi connectivity index (χ0) is 6.15. The summed E-state index contributed by atoms with van der Waals surface area (Å²) in [5, 5.41) is 8.27. The predicted octanol–water partition coefficient (Wildman–Crippen LogP) is 0.375. The molecule has 0 saturated heterocycles. The summed E-state index contributed by atoms with van der Waals surface area (Å²) in [4.78, 5) is 10.1. The van der Waals surface area contributed by atoms with Gasteiger partial charge in [0.05, 0.1) is 0 Å². The van der Waals surface area contributed by atoms with E-state index in [4.69, 9.17) is 9.84 Å². The van der Waals surface area contributed by atoms with Gasteiger partial charge in [-0.25, -0.2) is 4.79 Å². The van der Waals surface area contributed by atoms with Gasteiger partial charge in [-0.1, -0.05) is 0 Å². The van der Waals surface area contributed by atoms with E-state index >= 15 is 0 Å². The van der Waals surface area contributed by atoms with E-state index < -0.39 is 5.97 Å². The summed E-state index contributed by atoms with van der Waals surface area (Å²) < 4.78 is 4.70. The Morgan fingerprint density at radius 3 is 2.50 bits per heavy atom. The van der Waals surface area contributed by atoms with Gasteiger partial charge in [0.15, 0.2) is 0 Å². The zero-order valence-electron chi connectivity index (χ0n) is 4.47. The average Bonchev–Trinajstić information content (AvgIpc) is 1.61. The second-order valence-electron chi connectivity index (χ2n) is 1.63. The number of carboxylic acids is 1. The van der Waals surface area contributed by atoms with E-state index in [9.17, 15) is 4.79 Å². The fourth-order valence-electron chi connectivity index (χ4n) is 0.501. The van der Waals surface area contributed by atoms with E-state index in [2.05, 4.69) is 0 Å². The van der Waals surface area contributed by atoms with Crippen LogP contribution >= 0.6 is 0 Å². The minimum Gasteiger partial charge on any atom is -0.492 e. The lowest BCUT2D eigenvalue weighted by atomic mass is 10.2. The van der Waals surface area contributed by atoms with Crippen LogP contribution in [0.25, 0.3) is 0 Å². The van der Waals surface area contributed by atoms with Crippen molar-refractivity contribution in [3.8, 4) is 0 Å². The van der Waals surface area contributed by atoms with Crippen molar-refractivity contribution in [3.05, 3.63) is 11.3 Å². The molecule has 8 heavy (non-hydrogen) atoms. The Morgan fingerprint density at radius 1 is 1.88 bits per heavy atom. The first kappa shape index (κ1) is 5.15. The summed E-state index contributed by atoms with van der Waals surface area (Å²) in [5.41, 5.74) is 0.394. The van der Waals surface area contributed by atoms with Gasteiger partial charge >= 0.3 is 5.97 Å². The summed E-state index contributed by atoms with van der Waals surface area (Å²) in [6.07, 6.45) is 0. The van der Waals surface area contributed by atoms with Crippen molar-refractivity contribution < 1.29 is 14.6 Å². The van der Waals surface area contributed by atoms with Gasteiger partial charge in [-0.05, 0) is 6.92 Å². The first-order valence-corrected chi connectivity index (χ1v) is 2.27. The van der Waals surface area contributed by atoms with Gasteiger partial charge in [-0.15, -0.1) is 0 Å². The number of rotatable bonds is 1. The van der Waals surface area contributed by atoms with E-state index in [0.717, 1.165) is 0 Å². The molecule has 0 saturated carbocycles. The van der Waals surface area contributed by atoms with Gasteiger partial charge in [0.25, 0.3) is 0 Å². The minimum atomic E-state index is -0.867. The topological polar surface area (TPSA) is 46.5 Å². The molecule has 0 aromatic carbocycles. The molecule has 0 fully saturated rings. The molecule has 0 radical (unpaired) electrons. The second kappa shape index (κ2) is 1.51. The maximum atomic E-state index is 10.1. The molecule has 0 atom stereocenters. The molecular weight excluding hydrogens is 108 g/mol. The predicted molar refractivity (Wildman–Crippen MR) is 26.3 cm³/mol. The molecule has 1 aliphatic rings. The van der Waals surface area contributed by atoms with Crippen molar-refractivity contribution in [2.24, 2.45) is 0 Å². The molecule has 0 aromatic rings. The molecule has 0 amide bonds. The fourth-order valence-corrected chi connectivity index (χ4v) is 0.501. The normalized spacial score (nSPS) is 17.1. The number of hydrogen-bond donors (Lipinski definition) is 1. The van der Waals surface area contributed by atoms with E-state index in [1.165, 1.54) is 0 Å². The van der Waals surface area contributed by atoms with Crippen LogP contribution < -0.4 is 0 Å². The molecule has 1 rings (SSSR count). The molecule has 0 aliphatic carbocycles. The molecule has 1 heterocycles. The monoisotopic (exact) mass is 114 g/mol. The smallest absolute Gasteiger partial charge is 0.338 e. The van der Waals surface area contributed by atoms with Crippen molar-refractivity contribution in [2.45, 2.75) is 6.92 Å². The first-order chi connectivity index (χ1) is 3.72. The van der Waals surface area contributed by atoms with Crippen LogP contribution in [0, 0.1) is 0 Å². The van der Waals surface area contributed by atoms with Crippen molar-refractivity contribution in [1.82, 2.24) is 0 Å². The number of allylic oxidation sites excluding steroid dienone is 1. The standard InChI is InChI=1S/C5H6O3/c1-3-4(2-8-3)5(6)7/h2H2,1H3,(H,6,7). The molecule has 44 valence electrons. The lowest BCUT2D eigenvalue weighted by Gasteiger charge is -2.17. The Morgan fingerprint density at radius 2 is 2.50 bits per heavy atom. The van der Waals surface area contributed by atoms with E-state index in [0.29, 0.717) is 11.3 Å². The number of carboxylic acid groups (broad SMARTS) is 1. The summed E-state index contributed by atoms with van der Waals surface area (Å²) in [5.74, 6) is -0.328. The van der Waals surface area contributed by atoms with Gasteiger partial charge in [0, 0.05) is 0 Å². The highest BCUT2D eigenvalue weighted by Crippen LogP contribution is 2.16. The Balaban J connectivity index is 2.74. The summed E-state index contributed by atoms with van der Waals surface area (Å²) in [6.45, 7) is 1.91. The average molecular weight is 114 g/mol. The fraction of sp³-hybridized carbons (Fsp3) is 0.400. The molecule has 3 heteroatoms. The third-order valence-electron chi connectivity index (χ3n) is 1.12. The Bertz CT molecular complexity index is 157. The van der Waals surface area contributed by atoms with Crippen LogP contribution in [0.4, 0.5) is 0 Å². The molecular formula is C5H6O3. The molecule has 0 aromatic heterocycles. The van der Waals surface area contributed by atoms with Crippen molar-refractivity contribution in [3.63, 3.8) is 0 Å². The summed E-state index contributed by atoms with van der Waals surface area (Å²) >= 11 is 0. The molecule has 0 bridgehead atoms. The largest absolute Gasteiger partial charge is 0.492 e. The highest BCUT2D eigenvalue weighted by Gasteiger charge is 2.20. The van der Waals surface area contributed by atoms with Gasteiger partial charge in [-0.2, -0.15) is 0 Å². The number of aliphatic carboxylic acids is 1. The van der Waals surface area contributed by atoms with Gasteiger partial charge in [0.2, 0.25) is 0 Å². The third kappa shape index (κ3) is 0.559. The highest BCUT2D eigenvalue weighted by atomic mass is 16.5. The minimum absolute atomic E-state index is 0.265. The van der Waals surface area contributed by atoms with Crippen LogP contribution in [-0.4, -0.2) is 17.7 Å². The van der Waals surface area contributed by atoms with Crippen LogP contribution in [-0.2, 0) is 9.53 Å². The lowest BCUT2D eigenvalue weighted by molar-refractivity contribution is -0.134. The van der Waals surface area contributed by atoms with Crippen LogP contribution in [0.3, 0.4) is 0 Å². The molecule has 0 spiro atoms. The summed E-state index contributed by atoms with van der Waals surface area (Å²) in [7, 11) is 0. The maximum absolute atomic E-state index is 10.1. The second-order valence-corrected chi connectivity index (χ2v) is 1.63. The quantitative estimate of drug-likeness (QED) is 0.535. The Hall–Kier alpha value is -0.990. The maximum Gasteiger partial charge on any atom is 0.338 e. The zero-order valence-corrected chi connectivity index (χ0v) is 4.47. The van der Waals surface area contributed by atoms with Crippen LogP contribution in [0.1, 0.15) is 6.92 Å². The van der Waals surface area contributed by atoms with Crippen LogP contribution in [0.15, 0.2) is 11.3 Å². The summed E-state index contributed by atoms with van der Waals surface area (Å²) in [6, 6.07) is 0. The molecule has 1 N–H and O–H groups in total. The third-order valence-corrected chi connectivity index (χ3v) is 1.12. The van der Waals surface area contributed by atoms with Gasteiger partial charge in [0.1, 0.15) is 17.9 Å². The Kier molecular flexibility index (Phi) is 0.970. The van der Waals surface area contributed by atoms with Crippen LogP contribution in [0.5, 0.6) is 0 Å². The van der Waals surface area contributed by atoms with Gasteiger partial charge in [-0.3, -0.25) is 0 Å².